The van der Waals surface area contributed by atoms with Gasteiger partial charge in [-0.3, -0.25) is 0 Å². The Labute approximate surface area is 102 Å². The zero-order chi connectivity index (χ0) is 12.1. The van der Waals surface area contributed by atoms with Crippen molar-refractivity contribution < 1.29 is 4.79 Å². The summed E-state index contributed by atoms with van der Waals surface area (Å²) in [6.45, 7) is 3.95. The average molecular weight is 233 g/mol. The first-order chi connectivity index (χ1) is 8.28. The van der Waals surface area contributed by atoms with Crippen LogP contribution in [0.3, 0.4) is 0 Å². The van der Waals surface area contributed by atoms with Crippen molar-refractivity contribution in [3.05, 3.63) is 29.8 Å². The van der Waals surface area contributed by atoms with Crippen LogP contribution < -0.4 is 16.0 Å². The number of aryl methyl sites for hydroxylation is 1. The molecule has 0 aromatic heterocycles. The monoisotopic (exact) mass is 233 g/mol. The highest BCUT2D eigenvalue weighted by molar-refractivity contribution is 5.89. The minimum absolute atomic E-state index is 0.119. The summed E-state index contributed by atoms with van der Waals surface area (Å²) in [5.41, 5.74) is 2.08. The Hall–Kier alpha value is -1.55. The molecule has 1 saturated heterocycles. The van der Waals surface area contributed by atoms with Crippen molar-refractivity contribution in [1.82, 2.24) is 10.6 Å². The van der Waals surface area contributed by atoms with Crippen molar-refractivity contribution in [3.8, 4) is 0 Å². The van der Waals surface area contributed by atoms with Gasteiger partial charge in [-0.1, -0.05) is 19.1 Å². The molecule has 0 saturated carbocycles. The predicted molar refractivity (Wildman–Crippen MR) is 69.2 cm³/mol. The molecule has 0 radical (unpaired) electrons. The molecule has 1 heterocycles. The van der Waals surface area contributed by atoms with Crippen LogP contribution in [0.1, 0.15) is 18.9 Å². The van der Waals surface area contributed by atoms with E-state index >= 15 is 0 Å². The van der Waals surface area contributed by atoms with E-state index in [1.165, 1.54) is 5.56 Å². The van der Waals surface area contributed by atoms with Gasteiger partial charge in [-0.25, -0.2) is 4.79 Å². The van der Waals surface area contributed by atoms with Gasteiger partial charge in [0.15, 0.2) is 0 Å². The molecule has 4 nitrogen and oxygen atoms in total. The Bertz CT molecular complexity index is 386. The van der Waals surface area contributed by atoms with Crippen LogP contribution in [0, 0.1) is 0 Å². The highest BCUT2D eigenvalue weighted by Gasteiger charge is 2.16. The average Bonchev–Trinajstić information content (AvgIpc) is 2.82. The fraction of sp³-hybridized carbons (Fsp3) is 0.462. The van der Waals surface area contributed by atoms with Gasteiger partial charge < -0.3 is 16.0 Å². The zero-order valence-corrected chi connectivity index (χ0v) is 10.1. The van der Waals surface area contributed by atoms with Crippen LogP contribution in [0.25, 0.3) is 0 Å². The van der Waals surface area contributed by atoms with Crippen LogP contribution in [-0.2, 0) is 6.42 Å². The summed E-state index contributed by atoms with van der Waals surface area (Å²) in [5.74, 6) is 0. The molecule has 1 aliphatic heterocycles. The molecular weight excluding hydrogens is 214 g/mol. The molecule has 2 amide bonds. The second kappa shape index (κ2) is 5.68. The quantitative estimate of drug-likeness (QED) is 0.744. The van der Waals surface area contributed by atoms with E-state index in [0.717, 1.165) is 31.6 Å². The van der Waals surface area contributed by atoms with Gasteiger partial charge in [-0.05, 0) is 37.1 Å². The van der Waals surface area contributed by atoms with E-state index in [1.807, 2.05) is 18.2 Å². The summed E-state index contributed by atoms with van der Waals surface area (Å²) >= 11 is 0. The van der Waals surface area contributed by atoms with Gasteiger partial charge in [-0.2, -0.15) is 0 Å². The van der Waals surface area contributed by atoms with E-state index in [2.05, 4.69) is 28.9 Å². The molecule has 1 fully saturated rings. The van der Waals surface area contributed by atoms with E-state index in [9.17, 15) is 4.79 Å². The molecule has 3 N–H and O–H groups in total. The van der Waals surface area contributed by atoms with Crippen LogP contribution in [0.2, 0.25) is 0 Å². The fourth-order valence-corrected chi connectivity index (χ4v) is 2.00. The lowest BCUT2D eigenvalue weighted by atomic mass is 10.1. The Kier molecular flexibility index (Phi) is 3.98. The first kappa shape index (κ1) is 11.9. The lowest BCUT2D eigenvalue weighted by molar-refractivity contribution is 0.249. The topological polar surface area (TPSA) is 53.2 Å². The fourth-order valence-electron chi connectivity index (χ4n) is 2.00. The summed E-state index contributed by atoms with van der Waals surface area (Å²) in [5, 5.41) is 9.04. The molecule has 0 bridgehead atoms. The van der Waals surface area contributed by atoms with Crippen molar-refractivity contribution in [1.29, 1.82) is 0 Å². The third kappa shape index (κ3) is 3.46. The second-order valence-electron chi connectivity index (χ2n) is 4.34. The molecule has 0 aliphatic carbocycles. The third-order valence-corrected chi connectivity index (χ3v) is 2.99. The van der Waals surface area contributed by atoms with Gasteiger partial charge in [0, 0.05) is 18.3 Å². The van der Waals surface area contributed by atoms with Gasteiger partial charge >= 0.3 is 6.03 Å². The van der Waals surface area contributed by atoms with Gasteiger partial charge in [0.2, 0.25) is 0 Å². The maximum Gasteiger partial charge on any atom is 0.319 e. The predicted octanol–water partition coefficient (Wildman–Crippen LogP) is 1.73. The van der Waals surface area contributed by atoms with E-state index in [0.29, 0.717) is 0 Å². The standard InChI is InChI=1S/C13H19N3O/c1-2-10-4-3-5-11(8-10)15-13(17)16-12-6-7-14-9-12/h3-5,8,12,14H,2,6-7,9H2,1H3,(H2,15,16,17). The summed E-state index contributed by atoms with van der Waals surface area (Å²) < 4.78 is 0. The van der Waals surface area contributed by atoms with Crippen LogP contribution in [0.15, 0.2) is 24.3 Å². The van der Waals surface area contributed by atoms with Crippen molar-refractivity contribution in [2.75, 3.05) is 18.4 Å². The molecule has 17 heavy (non-hydrogen) atoms. The molecule has 92 valence electrons. The van der Waals surface area contributed by atoms with E-state index in [1.54, 1.807) is 0 Å². The maximum absolute atomic E-state index is 11.7. The molecule has 1 aliphatic rings. The first-order valence-corrected chi connectivity index (χ1v) is 6.15. The largest absolute Gasteiger partial charge is 0.334 e. The smallest absolute Gasteiger partial charge is 0.319 e. The van der Waals surface area contributed by atoms with Crippen molar-refractivity contribution in [3.63, 3.8) is 0 Å². The number of carbonyl (C=O) groups is 1. The van der Waals surface area contributed by atoms with Crippen molar-refractivity contribution in [2.45, 2.75) is 25.8 Å². The number of hydrogen-bond acceptors (Lipinski definition) is 2. The highest BCUT2D eigenvalue weighted by atomic mass is 16.2. The number of urea groups is 1. The van der Waals surface area contributed by atoms with E-state index < -0.39 is 0 Å². The number of anilines is 1. The third-order valence-electron chi connectivity index (χ3n) is 2.99. The van der Waals surface area contributed by atoms with Crippen molar-refractivity contribution >= 4 is 11.7 Å². The number of benzene rings is 1. The summed E-state index contributed by atoms with van der Waals surface area (Å²) in [7, 11) is 0. The van der Waals surface area contributed by atoms with Crippen LogP contribution in [0.5, 0.6) is 0 Å². The normalized spacial score (nSPS) is 19.0. The molecule has 2 rings (SSSR count). The lowest BCUT2D eigenvalue weighted by Crippen LogP contribution is -2.39. The van der Waals surface area contributed by atoms with Gasteiger partial charge in [0.1, 0.15) is 0 Å². The SMILES string of the molecule is CCc1cccc(NC(=O)NC2CCNC2)c1. The number of rotatable bonds is 3. The maximum atomic E-state index is 11.7. The van der Waals surface area contributed by atoms with Crippen LogP contribution >= 0.6 is 0 Å². The molecule has 0 spiro atoms. The molecule has 1 unspecified atom stereocenters. The van der Waals surface area contributed by atoms with Crippen LogP contribution in [0.4, 0.5) is 10.5 Å². The second-order valence-corrected chi connectivity index (χ2v) is 4.34. The first-order valence-electron chi connectivity index (χ1n) is 6.15. The summed E-state index contributed by atoms with van der Waals surface area (Å²) in [6, 6.07) is 8.07. The molecule has 4 heteroatoms. The Morgan fingerprint density at radius 3 is 3.12 bits per heavy atom. The molecule has 1 aromatic carbocycles. The van der Waals surface area contributed by atoms with E-state index in [4.69, 9.17) is 0 Å². The molecule has 1 aromatic rings. The minimum atomic E-state index is -0.119. The Morgan fingerprint density at radius 1 is 1.53 bits per heavy atom. The zero-order valence-electron chi connectivity index (χ0n) is 10.1. The lowest BCUT2D eigenvalue weighted by Gasteiger charge is -2.12. The summed E-state index contributed by atoms with van der Waals surface area (Å²) in [4.78, 5) is 11.7. The Balaban J connectivity index is 1.88. The minimum Gasteiger partial charge on any atom is -0.334 e. The van der Waals surface area contributed by atoms with Gasteiger partial charge in [-0.15, -0.1) is 0 Å². The summed E-state index contributed by atoms with van der Waals surface area (Å²) in [6.07, 6.45) is 1.98. The number of carbonyl (C=O) groups excluding carboxylic acids is 1. The Morgan fingerprint density at radius 2 is 2.41 bits per heavy atom. The number of amides is 2. The number of nitrogens with one attached hydrogen (secondary N) is 3. The molecule has 1 atom stereocenters. The van der Waals surface area contributed by atoms with Gasteiger partial charge in [0.25, 0.3) is 0 Å². The highest BCUT2D eigenvalue weighted by Crippen LogP contribution is 2.11. The molecular formula is C13H19N3O. The van der Waals surface area contributed by atoms with E-state index in [-0.39, 0.29) is 12.1 Å². The van der Waals surface area contributed by atoms with Crippen LogP contribution in [-0.4, -0.2) is 25.2 Å². The van der Waals surface area contributed by atoms with Gasteiger partial charge in [0.05, 0.1) is 0 Å². The number of hydrogen-bond donors (Lipinski definition) is 3. The van der Waals surface area contributed by atoms with Crippen molar-refractivity contribution in [2.24, 2.45) is 0 Å².